The zero-order valence-electron chi connectivity index (χ0n) is 18.3. The summed E-state index contributed by atoms with van der Waals surface area (Å²) in [7, 11) is 0. The van der Waals surface area contributed by atoms with Crippen LogP contribution in [0.2, 0.25) is 5.02 Å². The minimum absolute atomic E-state index is 0.0310. The number of carbonyl (C=O) groups excluding carboxylic acids is 2. The SMILES string of the molecule is C=CC(=O)N1CC(NC(=O)Cn2c(C)c3c4c(c(Cl)cc(C)c42)C(C)c2ncncc2-3)C1. The van der Waals surface area contributed by atoms with Gasteiger partial charge in [-0.3, -0.25) is 9.59 Å². The lowest BCUT2D eigenvalue weighted by molar-refractivity contribution is -0.133. The number of benzene rings is 1. The van der Waals surface area contributed by atoms with Crippen LogP contribution in [-0.2, 0) is 16.1 Å². The highest BCUT2D eigenvalue weighted by molar-refractivity contribution is 6.33. The number of aryl methyl sites for hydroxylation is 1. The second-order valence-electron chi connectivity index (χ2n) is 8.61. The monoisotopic (exact) mass is 449 g/mol. The molecule has 5 rings (SSSR count). The first-order chi connectivity index (χ1) is 15.3. The fourth-order valence-electron chi connectivity index (χ4n) is 5.12. The van der Waals surface area contributed by atoms with Gasteiger partial charge >= 0.3 is 0 Å². The van der Waals surface area contributed by atoms with Crippen LogP contribution in [0.3, 0.4) is 0 Å². The molecule has 2 aliphatic rings. The molecule has 1 aromatic carbocycles. The highest BCUT2D eigenvalue weighted by Crippen LogP contribution is 2.50. The summed E-state index contributed by atoms with van der Waals surface area (Å²) in [6.07, 6.45) is 4.71. The van der Waals surface area contributed by atoms with E-state index >= 15 is 0 Å². The molecule has 3 aromatic rings. The quantitative estimate of drug-likeness (QED) is 0.619. The van der Waals surface area contributed by atoms with Gasteiger partial charge in [0.15, 0.2) is 0 Å². The molecule has 7 nitrogen and oxygen atoms in total. The summed E-state index contributed by atoms with van der Waals surface area (Å²) in [5.74, 6) is -0.163. The van der Waals surface area contributed by atoms with Crippen LogP contribution >= 0.6 is 11.6 Å². The van der Waals surface area contributed by atoms with Crippen LogP contribution in [0.25, 0.3) is 22.0 Å². The van der Waals surface area contributed by atoms with Crippen LogP contribution in [0.15, 0.2) is 31.2 Å². The Balaban J connectivity index is 1.54. The molecule has 1 fully saturated rings. The van der Waals surface area contributed by atoms with Crippen molar-refractivity contribution in [1.29, 1.82) is 0 Å². The van der Waals surface area contributed by atoms with Crippen molar-refractivity contribution in [3.05, 3.63) is 58.8 Å². The lowest BCUT2D eigenvalue weighted by Crippen LogP contribution is -2.61. The van der Waals surface area contributed by atoms with Gasteiger partial charge in [-0.2, -0.15) is 0 Å². The lowest BCUT2D eigenvalue weighted by atomic mass is 9.82. The standard InChI is InChI=1S/C24H24ClN5O2/c1-5-19(32)29-8-15(9-29)28-18(31)10-30-14(4)21-16-7-26-11-27-23(16)13(3)20-17(25)6-12(2)24(30)22(20)21/h5-7,11,13,15H,1,8-10H2,2-4H3,(H,28,31). The van der Waals surface area contributed by atoms with Crippen molar-refractivity contribution >= 4 is 34.3 Å². The maximum Gasteiger partial charge on any atom is 0.246 e. The number of nitrogens with one attached hydrogen (secondary N) is 1. The van der Waals surface area contributed by atoms with E-state index in [-0.39, 0.29) is 30.3 Å². The third-order valence-electron chi connectivity index (χ3n) is 6.66. The summed E-state index contributed by atoms with van der Waals surface area (Å²) in [4.78, 5) is 35.1. The second-order valence-corrected chi connectivity index (χ2v) is 9.02. The molecule has 8 heteroatoms. The number of aromatic nitrogens is 3. The summed E-state index contributed by atoms with van der Waals surface area (Å²) in [5.41, 5.74) is 7.07. The molecule has 1 atom stereocenters. The van der Waals surface area contributed by atoms with E-state index in [0.29, 0.717) is 13.1 Å². The van der Waals surface area contributed by atoms with Gasteiger partial charge in [-0.05, 0) is 37.1 Å². The Bertz CT molecular complexity index is 1310. The Kier molecular flexibility index (Phi) is 4.82. The van der Waals surface area contributed by atoms with Crippen molar-refractivity contribution in [2.75, 3.05) is 13.1 Å². The highest BCUT2D eigenvalue weighted by Gasteiger charge is 2.34. The van der Waals surface area contributed by atoms with E-state index in [4.69, 9.17) is 11.6 Å². The number of hydrogen-bond acceptors (Lipinski definition) is 4. The molecular weight excluding hydrogens is 426 g/mol. The zero-order valence-corrected chi connectivity index (χ0v) is 19.0. The summed E-state index contributed by atoms with van der Waals surface area (Å²) < 4.78 is 2.06. The first-order valence-corrected chi connectivity index (χ1v) is 11.0. The van der Waals surface area contributed by atoms with Gasteiger partial charge in [-0.15, -0.1) is 0 Å². The van der Waals surface area contributed by atoms with Crippen molar-refractivity contribution in [3.8, 4) is 11.1 Å². The average molecular weight is 450 g/mol. The molecule has 2 amide bonds. The third-order valence-corrected chi connectivity index (χ3v) is 6.97. The Labute approximate surface area is 191 Å². The van der Waals surface area contributed by atoms with Gasteiger partial charge in [0.25, 0.3) is 0 Å². The number of halogens is 1. The molecular formula is C24H24ClN5O2. The number of fused-ring (bicyclic) bond motifs is 2. The number of rotatable bonds is 4. The highest BCUT2D eigenvalue weighted by atomic mass is 35.5. The van der Waals surface area contributed by atoms with E-state index in [1.54, 1.807) is 11.2 Å². The van der Waals surface area contributed by atoms with E-state index < -0.39 is 0 Å². The number of carbonyl (C=O) groups is 2. The van der Waals surface area contributed by atoms with E-state index in [0.717, 1.165) is 49.6 Å². The molecule has 1 aliphatic carbocycles. The predicted octanol–water partition coefficient (Wildman–Crippen LogP) is 3.35. The van der Waals surface area contributed by atoms with Crippen LogP contribution in [0.1, 0.15) is 35.4 Å². The first kappa shape index (κ1) is 20.7. The van der Waals surface area contributed by atoms with Crippen LogP contribution in [0.5, 0.6) is 0 Å². The van der Waals surface area contributed by atoms with Crippen molar-refractivity contribution in [3.63, 3.8) is 0 Å². The Morgan fingerprint density at radius 1 is 1.34 bits per heavy atom. The molecule has 1 saturated heterocycles. The molecule has 0 spiro atoms. The summed E-state index contributed by atoms with van der Waals surface area (Å²) >= 11 is 6.72. The van der Waals surface area contributed by atoms with Crippen LogP contribution in [0, 0.1) is 13.8 Å². The first-order valence-electron chi connectivity index (χ1n) is 10.6. The number of likely N-dealkylation sites (tertiary alicyclic amines) is 1. The topological polar surface area (TPSA) is 80.1 Å². The minimum atomic E-state index is -0.110. The number of nitrogens with zero attached hydrogens (tertiary/aromatic N) is 4. The average Bonchev–Trinajstić information content (AvgIpc) is 3.02. The van der Waals surface area contributed by atoms with E-state index in [9.17, 15) is 9.59 Å². The molecule has 1 unspecified atom stereocenters. The summed E-state index contributed by atoms with van der Waals surface area (Å²) in [6, 6.07) is 1.94. The molecule has 1 N–H and O–H groups in total. The molecule has 3 heterocycles. The fraction of sp³-hybridized carbons (Fsp3) is 0.333. The molecule has 2 aromatic heterocycles. The van der Waals surface area contributed by atoms with Crippen LogP contribution in [0.4, 0.5) is 0 Å². The van der Waals surface area contributed by atoms with Crippen molar-refractivity contribution in [2.45, 2.75) is 39.3 Å². The van der Waals surface area contributed by atoms with Gasteiger partial charge in [0, 0.05) is 52.4 Å². The zero-order chi connectivity index (χ0) is 22.7. The van der Waals surface area contributed by atoms with Gasteiger partial charge in [0.2, 0.25) is 11.8 Å². The maximum absolute atomic E-state index is 12.9. The van der Waals surface area contributed by atoms with Gasteiger partial charge in [0.05, 0.1) is 17.3 Å². The molecule has 0 radical (unpaired) electrons. The Morgan fingerprint density at radius 2 is 2.09 bits per heavy atom. The Hall–Kier alpha value is -3.19. The molecule has 164 valence electrons. The molecule has 32 heavy (non-hydrogen) atoms. The molecule has 0 saturated carbocycles. The van der Waals surface area contributed by atoms with Crippen LogP contribution in [-0.4, -0.2) is 50.4 Å². The van der Waals surface area contributed by atoms with E-state index in [1.165, 1.54) is 6.08 Å². The number of amides is 2. The number of hydrogen-bond donors (Lipinski definition) is 1. The summed E-state index contributed by atoms with van der Waals surface area (Å²) in [5, 5.41) is 4.85. The predicted molar refractivity (Wildman–Crippen MR) is 124 cm³/mol. The fourth-order valence-corrected chi connectivity index (χ4v) is 5.55. The maximum atomic E-state index is 12.9. The van der Waals surface area contributed by atoms with E-state index in [2.05, 4.69) is 33.4 Å². The van der Waals surface area contributed by atoms with Crippen molar-refractivity contribution in [2.24, 2.45) is 0 Å². The van der Waals surface area contributed by atoms with Gasteiger partial charge < -0.3 is 14.8 Å². The van der Waals surface area contributed by atoms with Gasteiger partial charge in [0.1, 0.15) is 12.9 Å². The van der Waals surface area contributed by atoms with E-state index in [1.807, 2.05) is 26.1 Å². The third kappa shape index (κ3) is 2.95. The van der Waals surface area contributed by atoms with Crippen LogP contribution < -0.4 is 5.32 Å². The van der Waals surface area contributed by atoms with Crippen molar-refractivity contribution in [1.82, 2.24) is 24.8 Å². The van der Waals surface area contributed by atoms with Gasteiger partial charge in [-0.1, -0.05) is 25.1 Å². The minimum Gasteiger partial charge on any atom is -0.348 e. The van der Waals surface area contributed by atoms with Crippen molar-refractivity contribution < 1.29 is 9.59 Å². The molecule has 0 bridgehead atoms. The smallest absolute Gasteiger partial charge is 0.246 e. The molecule has 1 aliphatic heterocycles. The lowest BCUT2D eigenvalue weighted by Gasteiger charge is -2.38. The Morgan fingerprint density at radius 3 is 2.81 bits per heavy atom. The van der Waals surface area contributed by atoms with Gasteiger partial charge in [-0.25, -0.2) is 9.97 Å². The second kappa shape index (κ2) is 7.45. The normalized spacial score (nSPS) is 17.1. The summed E-state index contributed by atoms with van der Waals surface area (Å²) in [6.45, 7) is 10.9. The largest absolute Gasteiger partial charge is 0.348 e.